The van der Waals surface area contributed by atoms with Crippen LogP contribution in [0.1, 0.15) is 58.4 Å². The smallest absolute Gasteiger partial charge is 0.407 e. The van der Waals surface area contributed by atoms with Gasteiger partial charge in [0.1, 0.15) is 5.82 Å². The molecule has 2 aromatic heterocycles. The van der Waals surface area contributed by atoms with Crippen molar-refractivity contribution in [2.45, 2.75) is 63.8 Å². The molecule has 222 valence electrons. The summed E-state index contributed by atoms with van der Waals surface area (Å²) < 4.78 is 0. The maximum absolute atomic E-state index is 13.3. The maximum Gasteiger partial charge on any atom is 0.407 e. The van der Waals surface area contributed by atoms with Crippen molar-refractivity contribution < 1.29 is 14.7 Å². The molecule has 1 spiro atoms. The van der Waals surface area contributed by atoms with Gasteiger partial charge in [0.25, 0.3) is 0 Å². The Hall–Kier alpha value is -3.08. The maximum atomic E-state index is 13.3. The number of aromatic nitrogens is 3. The molecule has 2 aliphatic heterocycles. The van der Waals surface area contributed by atoms with Crippen molar-refractivity contribution in [2.75, 3.05) is 49.6 Å². The molecule has 3 fully saturated rings. The summed E-state index contributed by atoms with van der Waals surface area (Å²) in [5, 5.41) is 16.3. The summed E-state index contributed by atoms with van der Waals surface area (Å²) in [4.78, 5) is 43.0. The summed E-state index contributed by atoms with van der Waals surface area (Å²) in [7, 11) is 0. The van der Waals surface area contributed by atoms with Gasteiger partial charge in [0.15, 0.2) is 0 Å². The van der Waals surface area contributed by atoms with Crippen LogP contribution in [0.15, 0.2) is 35.6 Å². The number of carbonyl (C=O) groups is 2. The van der Waals surface area contributed by atoms with Crippen molar-refractivity contribution in [3.8, 4) is 0 Å². The second-order valence-electron chi connectivity index (χ2n) is 13.1. The normalized spacial score (nSPS) is 24.0. The molecular formula is C30H43N7O3S. The highest BCUT2D eigenvalue weighted by Crippen LogP contribution is 2.54. The quantitative estimate of drug-likeness (QED) is 0.356. The minimum absolute atomic E-state index is 0.00194. The van der Waals surface area contributed by atoms with E-state index in [1.807, 2.05) is 35.8 Å². The zero-order valence-electron chi connectivity index (χ0n) is 24.8. The number of anilines is 2. The first-order valence-electron chi connectivity index (χ1n) is 14.6. The van der Waals surface area contributed by atoms with Gasteiger partial charge >= 0.3 is 6.09 Å². The number of pyridine rings is 1. The summed E-state index contributed by atoms with van der Waals surface area (Å²) in [6.07, 6.45) is 9.32. The van der Waals surface area contributed by atoms with Gasteiger partial charge in [-0.3, -0.25) is 4.79 Å². The van der Waals surface area contributed by atoms with E-state index in [2.05, 4.69) is 59.3 Å². The minimum atomic E-state index is -0.834. The number of rotatable bonds is 9. The minimum Gasteiger partial charge on any atom is -0.465 e. The van der Waals surface area contributed by atoms with Gasteiger partial charge in [0.05, 0.1) is 0 Å². The highest BCUT2D eigenvalue weighted by Gasteiger charge is 2.60. The van der Waals surface area contributed by atoms with E-state index in [1.165, 1.54) is 0 Å². The number of hydrogen-bond acceptors (Lipinski definition) is 8. The van der Waals surface area contributed by atoms with Crippen LogP contribution in [0.25, 0.3) is 0 Å². The van der Waals surface area contributed by atoms with E-state index < -0.39 is 6.09 Å². The van der Waals surface area contributed by atoms with Crippen LogP contribution in [0.2, 0.25) is 0 Å². The van der Waals surface area contributed by atoms with Crippen molar-refractivity contribution in [3.63, 3.8) is 0 Å². The van der Waals surface area contributed by atoms with Crippen LogP contribution in [-0.2, 0) is 4.79 Å². The van der Waals surface area contributed by atoms with Gasteiger partial charge in [-0.15, -0.1) is 11.8 Å². The summed E-state index contributed by atoms with van der Waals surface area (Å²) in [6, 6.07) is 4.09. The van der Waals surface area contributed by atoms with E-state index in [0.717, 1.165) is 48.6 Å². The summed E-state index contributed by atoms with van der Waals surface area (Å²) >= 11 is 1.62. The first kappa shape index (κ1) is 29.4. The number of hydrogen-bond donors (Lipinski definition) is 3. The van der Waals surface area contributed by atoms with Crippen LogP contribution in [-0.4, -0.2) is 86.9 Å². The highest BCUT2D eigenvalue weighted by molar-refractivity contribution is 7.98. The van der Waals surface area contributed by atoms with Gasteiger partial charge in [-0.05, 0) is 54.4 Å². The monoisotopic (exact) mass is 581 g/mol. The summed E-state index contributed by atoms with van der Waals surface area (Å²) in [6.45, 7) is 12.0. The predicted octanol–water partition coefficient (Wildman–Crippen LogP) is 4.87. The Morgan fingerprint density at radius 1 is 1.10 bits per heavy atom. The molecule has 1 aliphatic carbocycles. The van der Waals surface area contributed by atoms with E-state index >= 15 is 0 Å². The number of nitrogens with zero attached hydrogens (tertiary/aromatic N) is 5. The first-order valence-corrected chi connectivity index (χ1v) is 15.8. The molecule has 0 bridgehead atoms. The van der Waals surface area contributed by atoms with Crippen molar-refractivity contribution in [1.82, 2.24) is 24.8 Å². The lowest BCUT2D eigenvalue weighted by Gasteiger charge is -2.63. The molecule has 4 atom stereocenters. The van der Waals surface area contributed by atoms with Crippen molar-refractivity contribution in [3.05, 3.63) is 36.3 Å². The molecule has 3 N–H and O–H groups in total. The average molecular weight is 582 g/mol. The molecule has 4 unspecified atom stereocenters. The molecule has 5 rings (SSSR count). The van der Waals surface area contributed by atoms with Gasteiger partial charge in [-0.1, -0.05) is 33.8 Å². The predicted molar refractivity (Wildman–Crippen MR) is 161 cm³/mol. The highest BCUT2D eigenvalue weighted by atomic mass is 32.2. The van der Waals surface area contributed by atoms with Crippen molar-refractivity contribution >= 4 is 35.5 Å². The van der Waals surface area contributed by atoms with Gasteiger partial charge in [0.2, 0.25) is 11.9 Å². The summed E-state index contributed by atoms with van der Waals surface area (Å²) in [5.41, 5.74) is 0.985. The SMILES string of the molecule is CSc1cnc(NCC(C)CNc2ccc(C3CC3C(=O)N3CCC4(CC3)CN(C(=O)O)C4C(C)(C)C)cn2)nc1. The second kappa shape index (κ2) is 11.7. The summed E-state index contributed by atoms with van der Waals surface area (Å²) in [5.74, 6) is 2.31. The Bertz CT molecular complexity index is 1230. The number of nitrogens with one attached hydrogen (secondary N) is 2. The molecule has 1 saturated carbocycles. The number of thioether (sulfide) groups is 1. The van der Waals surface area contributed by atoms with Crippen molar-refractivity contribution in [1.29, 1.82) is 0 Å². The zero-order valence-corrected chi connectivity index (χ0v) is 25.6. The lowest BCUT2D eigenvalue weighted by Crippen LogP contribution is -2.72. The van der Waals surface area contributed by atoms with Crippen molar-refractivity contribution in [2.24, 2.45) is 22.7 Å². The fraction of sp³-hybridized carbons (Fsp3) is 0.633. The van der Waals surface area contributed by atoms with Gasteiger partial charge in [0, 0.05) is 73.6 Å². The fourth-order valence-corrected chi connectivity index (χ4v) is 7.15. The molecule has 0 aromatic carbocycles. The lowest BCUT2D eigenvalue weighted by molar-refractivity contribution is -0.151. The van der Waals surface area contributed by atoms with E-state index in [1.54, 1.807) is 16.7 Å². The number of piperidine rings is 1. The van der Waals surface area contributed by atoms with Crippen LogP contribution in [0, 0.1) is 22.7 Å². The van der Waals surface area contributed by atoms with Gasteiger partial charge in [-0.25, -0.2) is 19.7 Å². The number of amides is 2. The first-order chi connectivity index (χ1) is 19.5. The molecular weight excluding hydrogens is 538 g/mol. The van der Waals surface area contributed by atoms with E-state index in [0.29, 0.717) is 31.5 Å². The fourth-order valence-electron chi connectivity index (χ4n) is 6.83. The molecule has 0 radical (unpaired) electrons. The van der Waals surface area contributed by atoms with Crippen LogP contribution >= 0.6 is 11.8 Å². The molecule has 2 saturated heterocycles. The topological polar surface area (TPSA) is 124 Å². The standard InChI is InChI=1S/C30H43N7O3S/c1-19(14-33-27-34-16-21(41-5)17-35-27)13-31-24-7-6-20(15-32-24)22-12-23(22)25(38)36-10-8-30(9-11-36)18-37(28(39)40)26(30)29(2,3)4/h6-7,15-17,19,22-23,26H,8-14,18H2,1-5H3,(H,31,32)(H,39,40)(H,33,34,35). The van der Waals surface area contributed by atoms with E-state index in [4.69, 9.17) is 0 Å². The van der Waals surface area contributed by atoms with Gasteiger partial charge in [-0.2, -0.15) is 0 Å². The second-order valence-corrected chi connectivity index (χ2v) is 14.0. The zero-order chi connectivity index (χ0) is 29.4. The number of carbonyl (C=O) groups excluding carboxylic acids is 1. The molecule has 3 aliphatic rings. The Kier molecular flexibility index (Phi) is 8.36. The van der Waals surface area contributed by atoms with E-state index in [-0.39, 0.29) is 34.6 Å². The Morgan fingerprint density at radius 2 is 1.78 bits per heavy atom. The molecule has 41 heavy (non-hydrogen) atoms. The Labute approximate surface area is 247 Å². The van der Waals surface area contributed by atoms with Gasteiger partial charge < -0.3 is 25.5 Å². The molecule has 10 nitrogen and oxygen atoms in total. The molecule has 2 aromatic rings. The Balaban J connectivity index is 1.06. The van der Waals surface area contributed by atoms with Crippen LogP contribution in [0.4, 0.5) is 16.6 Å². The third-order valence-corrected chi connectivity index (χ3v) is 9.62. The third kappa shape index (κ3) is 6.39. The van der Waals surface area contributed by atoms with Crippen LogP contribution in [0.3, 0.4) is 0 Å². The van der Waals surface area contributed by atoms with E-state index in [9.17, 15) is 14.7 Å². The lowest BCUT2D eigenvalue weighted by atomic mass is 9.58. The van der Waals surface area contributed by atoms with Crippen LogP contribution < -0.4 is 10.6 Å². The number of carboxylic acid groups (broad SMARTS) is 1. The van der Waals surface area contributed by atoms with Crippen LogP contribution in [0.5, 0.6) is 0 Å². The largest absolute Gasteiger partial charge is 0.465 e. The molecule has 2 amide bonds. The molecule has 11 heteroatoms. The average Bonchev–Trinajstić information content (AvgIpc) is 3.74. The molecule has 4 heterocycles. The third-order valence-electron chi connectivity index (χ3n) is 8.94. The Morgan fingerprint density at radius 3 is 2.37 bits per heavy atom. The number of likely N-dealkylation sites (tertiary alicyclic amines) is 2.